The van der Waals surface area contributed by atoms with Gasteiger partial charge in [-0.25, -0.2) is 0 Å². The van der Waals surface area contributed by atoms with Crippen LogP contribution in [0.4, 0.5) is 0 Å². The number of nitrogens with one attached hydrogen (secondary N) is 2. The van der Waals surface area contributed by atoms with Crippen LogP contribution < -0.4 is 10.2 Å². The van der Waals surface area contributed by atoms with Crippen molar-refractivity contribution in [3.05, 3.63) is 0 Å². The fraction of sp³-hybridized carbons (Fsp3) is 1.00. The molecule has 0 amide bonds. The maximum atomic E-state index is 4.57. The third kappa shape index (κ3) is 7.21. The third-order valence-corrected chi connectivity index (χ3v) is 16.7. The van der Waals surface area contributed by atoms with Crippen LogP contribution in [0.3, 0.4) is 0 Å². The van der Waals surface area contributed by atoms with Gasteiger partial charge in [0.15, 0.2) is 0 Å². The normalized spacial score (nSPS) is 31.9. The van der Waals surface area contributed by atoms with Gasteiger partial charge in [0.05, 0.1) is 0 Å². The van der Waals surface area contributed by atoms with E-state index in [-0.39, 0.29) is 16.1 Å². The van der Waals surface area contributed by atoms with Gasteiger partial charge in [0.1, 0.15) is 0 Å². The molecule has 2 unspecified atom stereocenters. The summed E-state index contributed by atoms with van der Waals surface area (Å²) in [5.74, 6) is 0. The number of rotatable bonds is 8. The largest absolute Gasteiger partial charge is 0.291 e. The van der Waals surface area contributed by atoms with Crippen molar-refractivity contribution in [2.45, 2.75) is 189 Å². The van der Waals surface area contributed by atoms with Gasteiger partial charge in [-0.15, -0.1) is 0 Å². The predicted molar refractivity (Wildman–Crippen MR) is 154 cm³/mol. The quantitative estimate of drug-likeness (QED) is 0.320. The summed E-state index contributed by atoms with van der Waals surface area (Å²) in [6.07, 6.45) is 36.3. The standard InChI is InChI=1S/C30H56N2P2/c1-5-15-25(16-6-1)33(26-17-7-2-8-18-26)31-29-23-13-14-24-30(29)32-34(27-19-9-3-10-20-27)28-21-11-4-12-22-28/h25-32H,1-24H2. The van der Waals surface area contributed by atoms with Crippen LogP contribution in [0, 0.1) is 0 Å². The maximum Gasteiger partial charge on any atom is 0.0260 e. The van der Waals surface area contributed by atoms with E-state index in [0.29, 0.717) is 0 Å². The highest BCUT2D eigenvalue weighted by atomic mass is 31.1. The summed E-state index contributed by atoms with van der Waals surface area (Å²) in [6.45, 7) is 0. The van der Waals surface area contributed by atoms with Crippen molar-refractivity contribution >= 4 is 16.1 Å². The number of hydrogen-bond acceptors (Lipinski definition) is 2. The lowest BCUT2D eigenvalue weighted by atomic mass is 9.92. The van der Waals surface area contributed by atoms with Gasteiger partial charge >= 0.3 is 0 Å². The first-order chi connectivity index (χ1) is 16.9. The van der Waals surface area contributed by atoms with E-state index in [1.165, 1.54) is 154 Å². The SMILES string of the molecule is C1CCC(P(NC2CCCCC2NP(C2CCCCC2)C2CCCCC2)C2CCCCC2)CC1. The zero-order valence-electron chi connectivity index (χ0n) is 22.3. The van der Waals surface area contributed by atoms with Crippen LogP contribution in [-0.2, 0) is 0 Å². The van der Waals surface area contributed by atoms with Crippen LogP contribution in [-0.4, -0.2) is 34.7 Å². The molecule has 4 heteroatoms. The van der Waals surface area contributed by atoms with Crippen molar-refractivity contribution in [1.29, 1.82) is 0 Å². The van der Waals surface area contributed by atoms with Gasteiger partial charge in [0.25, 0.3) is 0 Å². The van der Waals surface area contributed by atoms with Crippen LogP contribution in [0.2, 0.25) is 0 Å². The van der Waals surface area contributed by atoms with Crippen LogP contribution in [0.25, 0.3) is 0 Å². The Balaban J connectivity index is 1.28. The van der Waals surface area contributed by atoms with Crippen LogP contribution in [0.15, 0.2) is 0 Å². The van der Waals surface area contributed by atoms with Gasteiger partial charge in [0.2, 0.25) is 0 Å². The smallest absolute Gasteiger partial charge is 0.0260 e. The highest BCUT2D eigenvalue weighted by molar-refractivity contribution is 7.57. The molecule has 0 heterocycles. The molecule has 2 nitrogen and oxygen atoms in total. The van der Waals surface area contributed by atoms with Crippen molar-refractivity contribution < 1.29 is 0 Å². The molecule has 0 saturated heterocycles. The molecule has 196 valence electrons. The molecule has 5 aliphatic rings. The Kier molecular flexibility index (Phi) is 10.9. The first-order valence-corrected chi connectivity index (χ1v) is 18.9. The molecule has 5 aliphatic carbocycles. The molecule has 0 aromatic carbocycles. The minimum atomic E-state index is 0.0168. The second-order valence-electron chi connectivity index (χ2n) is 12.7. The van der Waals surface area contributed by atoms with Gasteiger partial charge < -0.3 is 0 Å². The lowest BCUT2D eigenvalue weighted by Gasteiger charge is -2.46. The minimum absolute atomic E-state index is 0.0168. The summed E-state index contributed by atoms with van der Waals surface area (Å²) in [4.78, 5) is 0. The van der Waals surface area contributed by atoms with E-state index in [0.717, 1.165) is 34.7 Å². The van der Waals surface area contributed by atoms with Gasteiger partial charge in [0, 0.05) is 12.1 Å². The Morgan fingerprint density at radius 1 is 0.294 bits per heavy atom. The zero-order chi connectivity index (χ0) is 23.0. The number of hydrogen-bond donors (Lipinski definition) is 2. The summed E-state index contributed by atoms with van der Waals surface area (Å²) in [5, 5.41) is 9.14. The zero-order valence-corrected chi connectivity index (χ0v) is 24.1. The fourth-order valence-corrected chi connectivity index (χ4v) is 15.4. The molecule has 5 fully saturated rings. The molecule has 0 aromatic rings. The highest BCUT2D eigenvalue weighted by Gasteiger charge is 2.38. The summed E-state index contributed by atoms with van der Waals surface area (Å²) < 4.78 is 0. The molecule has 0 radical (unpaired) electrons. The van der Waals surface area contributed by atoms with E-state index in [4.69, 9.17) is 0 Å². The Hall–Kier alpha value is 0.780. The first kappa shape index (κ1) is 26.4. The molecule has 0 bridgehead atoms. The average Bonchev–Trinajstić information content (AvgIpc) is 2.93. The second-order valence-corrected chi connectivity index (χ2v) is 17.8. The van der Waals surface area contributed by atoms with Crippen LogP contribution >= 0.6 is 16.1 Å². The monoisotopic (exact) mass is 506 g/mol. The summed E-state index contributed by atoms with van der Waals surface area (Å²) in [5.41, 5.74) is 4.14. The summed E-state index contributed by atoms with van der Waals surface area (Å²) >= 11 is 0. The van der Waals surface area contributed by atoms with E-state index in [1.807, 2.05) is 0 Å². The van der Waals surface area contributed by atoms with E-state index >= 15 is 0 Å². The van der Waals surface area contributed by atoms with E-state index in [2.05, 4.69) is 10.2 Å². The molecule has 5 saturated carbocycles. The van der Waals surface area contributed by atoms with E-state index in [1.54, 1.807) is 0 Å². The minimum Gasteiger partial charge on any atom is -0.291 e. The molecule has 5 rings (SSSR count). The first-order valence-electron chi connectivity index (χ1n) is 16.0. The van der Waals surface area contributed by atoms with Crippen LogP contribution in [0.1, 0.15) is 154 Å². The van der Waals surface area contributed by atoms with Gasteiger partial charge in [-0.2, -0.15) is 0 Å². The molecular formula is C30H56N2P2. The van der Waals surface area contributed by atoms with Crippen molar-refractivity contribution in [1.82, 2.24) is 10.2 Å². The molecule has 2 atom stereocenters. The predicted octanol–water partition coefficient (Wildman–Crippen LogP) is 9.60. The lowest BCUT2D eigenvalue weighted by Crippen LogP contribution is -2.50. The van der Waals surface area contributed by atoms with Gasteiger partial charge in [-0.05, 0) is 103 Å². The average molecular weight is 507 g/mol. The Morgan fingerprint density at radius 3 is 0.794 bits per heavy atom. The van der Waals surface area contributed by atoms with Crippen LogP contribution in [0.5, 0.6) is 0 Å². The molecule has 34 heavy (non-hydrogen) atoms. The Labute approximate surface area is 215 Å². The van der Waals surface area contributed by atoms with Gasteiger partial charge in [-0.1, -0.05) is 89.9 Å². The summed E-state index contributed by atoms with van der Waals surface area (Å²) in [7, 11) is 0.0336. The summed E-state index contributed by atoms with van der Waals surface area (Å²) in [6, 6.07) is 1.56. The van der Waals surface area contributed by atoms with Crippen molar-refractivity contribution in [2.24, 2.45) is 0 Å². The van der Waals surface area contributed by atoms with Crippen molar-refractivity contribution in [2.75, 3.05) is 0 Å². The van der Waals surface area contributed by atoms with Crippen molar-refractivity contribution in [3.8, 4) is 0 Å². The lowest BCUT2D eigenvalue weighted by molar-refractivity contribution is 0.342. The molecule has 0 spiro atoms. The molecule has 2 N–H and O–H groups in total. The molecule has 0 aliphatic heterocycles. The highest BCUT2D eigenvalue weighted by Crippen LogP contribution is 2.56. The maximum absolute atomic E-state index is 4.57. The fourth-order valence-electron chi connectivity index (χ4n) is 8.28. The molecule has 0 aromatic heterocycles. The third-order valence-electron chi connectivity index (χ3n) is 10.3. The molecular weight excluding hydrogens is 450 g/mol. The Morgan fingerprint density at radius 2 is 0.529 bits per heavy atom. The second kappa shape index (κ2) is 14.1. The van der Waals surface area contributed by atoms with E-state index in [9.17, 15) is 0 Å². The topological polar surface area (TPSA) is 24.1 Å². The van der Waals surface area contributed by atoms with Gasteiger partial charge in [-0.3, -0.25) is 10.2 Å². The van der Waals surface area contributed by atoms with E-state index < -0.39 is 0 Å². The Bertz CT molecular complexity index is 476. The van der Waals surface area contributed by atoms with Crippen molar-refractivity contribution in [3.63, 3.8) is 0 Å².